The van der Waals surface area contributed by atoms with Crippen LogP contribution in [0.15, 0.2) is 59.5 Å². The molecule has 5 heteroatoms. The highest BCUT2D eigenvalue weighted by atomic mass is 32.2. The summed E-state index contributed by atoms with van der Waals surface area (Å²) in [6, 6.07) is 17.0. The summed E-state index contributed by atoms with van der Waals surface area (Å²) in [4.78, 5) is 26.3. The molecule has 1 heterocycles. The molecule has 0 spiro atoms. The summed E-state index contributed by atoms with van der Waals surface area (Å²) in [6.45, 7) is 1.98. The zero-order chi connectivity index (χ0) is 16.3. The van der Waals surface area contributed by atoms with Crippen molar-refractivity contribution >= 4 is 29.3 Å². The highest BCUT2D eigenvalue weighted by molar-refractivity contribution is 8.02. The number of fused-ring (bicyclic) bond motifs is 1. The molecule has 2 aromatic rings. The summed E-state index contributed by atoms with van der Waals surface area (Å²) in [5, 5.41) is 2.85. The lowest BCUT2D eigenvalue weighted by molar-refractivity contribution is -0.148. The van der Waals surface area contributed by atoms with Gasteiger partial charge in [0.15, 0.2) is 0 Å². The number of hydrogen-bond acceptors (Lipinski definition) is 4. The first-order valence-electron chi connectivity index (χ1n) is 7.46. The van der Waals surface area contributed by atoms with Crippen LogP contribution < -0.4 is 5.32 Å². The Morgan fingerprint density at radius 2 is 1.83 bits per heavy atom. The molecule has 1 N–H and O–H groups in total. The lowest BCUT2D eigenvalue weighted by Gasteiger charge is -2.34. The Labute approximate surface area is 139 Å². The summed E-state index contributed by atoms with van der Waals surface area (Å²) in [6.07, 6.45) is 0.289. The SMILES string of the molecule is CCOC(=O)C1(Cc2ccccc2)Sc2ccccc2NC1=O. The van der Waals surface area contributed by atoms with Crippen LogP contribution in [-0.4, -0.2) is 23.2 Å². The molecule has 1 aliphatic heterocycles. The van der Waals surface area contributed by atoms with Crippen molar-refractivity contribution in [1.29, 1.82) is 0 Å². The number of carbonyl (C=O) groups excluding carboxylic acids is 2. The predicted octanol–water partition coefficient (Wildman–Crippen LogP) is 3.28. The highest BCUT2D eigenvalue weighted by Gasteiger charge is 2.51. The van der Waals surface area contributed by atoms with Gasteiger partial charge in [0.2, 0.25) is 4.75 Å². The summed E-state index contributed by atoms with van der Waals surface area (Å²) in [5.41, 5.74) is 1.65. The summed E-state index contributed by atoms with van der Waals surface area (Å²) < 4.78 is 3.92. The van der Waals surface area contributed by atoms with Gasteiger partial charge in [-0.15, -0.1) is 0 Å². The van der Waals surface area contributed by atoms with E-state index in [1.54, 1.807) is 6.92 Å². The molecule has 0 radical (unpaired) electrons. The van der Waals surface area contributed by atoms with Crippen LogP contribution >= 0.6 is 11.8 Å². The second-order valence-electron chi connectivity index (χ2n) is 5.26. The van der Waals surface area contributed by atoms with E-state index < -0.39 is 10.7 Å². The van der Waals surface area contributed by atoms with Gasteiger partial charge in [-0.05, 0) is 24.6 Å². The molecule has 1 aliphatic rings. The van der Waals surface area contributed by atoms with Crippen LogP contribution in [0.25, 0.3) is 0 Å². The second-order valence-corrected chi connectivity index (χ2v) is 6.60. The van der Waals surface area contributed by atoms with E-state index in [0.717, 1.165) is 16.1 Å². The monoisotopic (exact) mass is 327 g/mol. The fraction of sp³-hybridized carbons (Fsp3) is 0.222. The molecule has 23 heavy (non-hydrogen) atoms. The fourth-order valence-electron chi connectivity index (χ4n) is 2.57. The molecule has 118 valence electrons. The van der Waals surface area contributed by atoms with Crippen LogP contribution in [0.1, 0.15) is 12.5 Å². The number of benzene rings is 2. The molecule has 4 nitrogen and oxygen atoms in total. The van der Waals surface area contributed by atoms with Gasteiger partial charge < -0.3 is 10.1 Å². The van der Waals surface area contributed by atoms with Crippen molar-refractivity contribution in [2.75, 3.05) is 11.9 Å². The van der Waals surface area contributed by atoms with Gasteiger partial charge >= 0.3 is 5.97 Å². The zero-order valence-corrected chi connectivity index (χ0v) is 13.6. The van der Waals surface area contributed by atoms with E-state index in [2.05, 4.69) is 5.32 Å². The third-order valence-corrected chi connectivity index (χ3v) is 5.11. The molecule has 0 bridgehead atoms. The first-order chi connectivity index (χ1) is 11.2. The molecule has 1 unspecified atom stereocenters. The van der Waals surface area contributed by atoms with Crippen molar-refractivity contribution in [3.63, 3.8) is 0 Å². The van der Waals surface area contributed by atoms with Crippen LogP contribution in [0.2, 0.25) is 0 Å². The van der Waals surface area contributed by atoms with E-state index in [4.69, 9.17) is 4.74 Å². The average molecular weight is 327 g/mol. The van der Waals surface area contributed by atoms with Gasteiger partial charge in [0.1, 0.15) is 0 Å². The lowest BCUT2D eigenvalue weighted by Crippen LogP contribution is -2.51. The van der Waals surface area contributed by atoms with E-state index in [0.29, 0.717) is 0 Å². The Morgan fingerprint density at radius 3 is 2.57 bits per heavy atom. The molecule has 3 rings (SSSR count). The van der Waals surface area contributed by atoms with Crippen molar-refractivity contribution in [3.05, 3.63) is 60.2 Å². The number of carbonyl (C=O) groups is 2. The number of rotatable bonds is 4. The Morgan fingerprint density at radius 1 is 1.13 bits per heavy atom. The Bertz CT molecular complexity index is 732. The second kappa shape index (κ2) is 6.46. The molecule has 0 saturated heterocycles. The van der Waals surface area contributed by atoms with E-state index in [1.165, 1.54) is 11.8 Å². The summed E-state index contributed by atoms with van der Waals surface area (Å²) in [7, 11) is 0. The topological polar surface area (TPSA) is 55.4 Å². The first-order valence-corrected chi connectivity index (χ1v) is 8.28. The average Bonchev–Trinajstić information content (AvgIpc) is 2.56. The van der Waals surface area contributed by atoms with E-state index >= 15 is 0 Å². The third kappa shape index (κ3) is 2.97. The standard InChI is InChI=1S/C18H17NO3S/c1-2-22-17(21)18(12-13-8-4-3-5-9-13)16(20)19-14-10-6-7-11-15(14)23-18/h3-11H,2,12H2,1H3,(H,19,20). The Balaban J connectivity index is 2.02. The molecular formula is C18H17NO3S. The van der Waals surface area contributed by atoms with Crippen LogP contribution in [-0.2, 0) is 20.7 Å². The molecule has 0 fully saturated rings. The van der Waals surface area contributed by atoms with E-state index in [1.807, 2.05) is 54.6 Å². The summed E-state index contributed by atoms with van der Waals surface area (Å²) in [5.74, 6) is -0.829. The van der Waals surface area contributed by atoms with Gasteiger partial charge in [-0.25, -0.2) is 4.79 Å². The molecule has 0 saturated carbocycles. The number of anilines is 1. The van der Waals surface area contributed by atoms with Gasteiger partial charge in [-0.3, -0.25) is 4.79 Å². The largest absolute Gasteiger partial charge is 0.465 e. The van der Waals surface area contributed by atoms with Gasteiger partial charge in [-0.1, -0.05) is 54.2 Å². The highest BCUT2D eigenvalue weighted by Crippen LogP contribution is 2.45. The molecule has 1 amide bonds. The number of ether oxygens (including phenoxy) is 1. The summed E-state index contributed by atoms with van der Waals surface area (Å²) >= 11 is 1.27. The molecule has 2 aromatic carbocycles. The quantitative estimate of drug-likeness (QED) is 0.692. The number of para-hydroxylation sites is 1. The van der Waals surface area contributed by atoms with Crippen molar-refractivity contribution in [1.82, 2.24) is 0 Å². The van der Waals surface area contributed by atoms with E-state index in [-0.39, 0.29) is 18.9 Å². The van der Waals surface area contributed by atoms with Crippen molar-refractivity contribution in [3.8, 4) is 0 Å². The first kappa shape index (κ1) is 15.6. The number of esters is 1. The van der Waals surface area contributed by atoms with Crippen molar-refractivity contribution < 1.29 is 14.3 Å². The van der Waals surface area contributed by atoms with Crippen LogP contribution in [0.4, 0.5) is 5.69 Å². The van der Waals surface area contributed by atoms with Crippen LogP contribution in [0, 0.1) is 0 Å². The molecule has 1 atom stereocenters. The maximum absolute atomic E-state index is 12.8. The van der Waals surface area contributed by atoms with Crippen molar-refractivity contribution in [2.45, 2.75) is 23.0 Å². The Kier molecular flexibility index (Phi) is 4.39. The number of amides is 1. The maximum Gasteiger partial charge on any atom is 0.332 e. The number of nitrogens with one attached hydrogen (secondary N) is 1. The normalized spacial score (nSPS) is 19.6. The van der Waals surface area contributed by atoms with Crippen LogP contribution in [0.3, 0.4) is 0 Å². The smallest absolute Gasteiger partial charge is 0.332 e. The van der Waals surface area contributed by atoms with Gasteiger partial charge in [0.05, 0.1) is 12.3 Å². The Hall–Kier alpha value is -2.27. The van der Waals surface area contributed by atoms with Gasteiger partial charge in [-0.2, -0.15) is 0 Å². The minimum atomic E-state index is -1.30. The predicted molar refractivity (Wildman–Crippen MR) is 90.4 cm³/mol. The number of hydrogen-bond donors (Lipinski definition) is 1. The van der Waals surface area contributed by atoms with Crippen LogP contribution in [0.5, 0.6) is 0 Å². The lowest BCUT2D eigenvalue weighted by atomic mass is 9.97. The number of thioether (sulfide) groups is 1. The fourth-order valence-corrected chi connectivity index (χ4v) is 3.85. The minimum absolute atomic E-state index is 0.241. The van der Waals surface area contributed by atoms with Crippen molar-refractivity contribution in [2.24, 2.45) is 0 Å². The molecule has 0 aromatic heterocycles. The molecule has 0 aliphatic carbocycles. The zero-order valence-electron chi connectivity index (χ0n) is 12.7. The van der Waals surface area contributed by atoms with Gasteiger partial charge in [0, 0.05) is 11.3 Å². The molecular weight excluding hydrogens is 310 g/mol. The van der Waals surface area contributed by atoms with Gasteiger partial charge in [0.25, 0.3) is 5.91 Å². The maximum atomic E-state index is 12.8. The van der Waals surface area contributed by atoms with E-state index in [9.17, 15) is 9.59 Å². The minimum Gasteiger partial charge on any atom is -0.465 e. The third-order valence-electron chi connectivity index (χ3n) is 3.69.